The Balaban J connectivity index is 1.67. The fraction of sp³-hybridized carbons (Fsp3) is 0.600. The minimum Gasteiger partial charge on any atom is -0.377 e. The molecule has 0 aliphatic heterocycles. The van der Waals surface area contributed by atoms with Gasteiger partial charge in [0.2, 0.25) is 0 Å². The molecule has 1 aliphatic carbocycles. The van der Waals surface area contributed by atoms with Crippen LogP contribution in [0, 0.1) is 10.1 Å². The number of nitro benzene ring substituents is 1. The van der Waals surface area contributed by atoms with Gasteiger partial charge in [0.1, 0.15) is 0 Å². The summed E-state index contributed by atoms with van der Waals surface area (Å²) in [7, 11) is 0. The van der Waals surface area contributed by atoms with Crippen molar-refractivity contribution in [1.29, 1.82) is 0 Å². The molecule has 110 valence electrons. The molecule has 0 heterocycles. The smallest absolute Gasteiger partial charge is 0.273 e. The number of nitrogens with zero attached hydrogens (tertiary/aromatic N) is 1. The van der Waals surface area contributed by atoms with E-state index in [1.165, 1.54) is 38.2 Å². The highest BCUT2D eigenvalue weighted by molar-refractivity contribution is 5.39. The molecule has 0 amide bonds. The molecule has 20 heavy (non-hydrogen) atoms. The van der Waals surface area contributed by atoms with Crippen LogP contribution in [0.25, 0.3) is 0 Å². The Kier molecular flexibility index (Phi) is 5.95. The van der Waals surface area contributed by atoms with Gasteiger partial charge in [0.15, 0.2) is 0 Å². The summed E-state index contributed by atoms with van der Waals surface area (Å²) in [5.74, 6) is 0. The number of nitro groups is 1. The molecule has 1 saturated carbocycles. The molecule has 1 aliphatic rings. The second kappa shape index (κ2) is 7.97. The quantitative estimate of drug-likeness (QED) is 0.473. The van der Waals surface area contributed by atoms with Crippen LogP contribution in [-0.4, -0.2) is 24.2 Å². The minimum absolute atomic E-state index is 0.174. The normalized spacial score (nSPS) is 16.2. The molecular weight excluding hydrogens is 256 g/mol. The summed E-state index contributed by atoms with van der Waals surface area (Å²) < 4.78 is 5.80. The Labute approximate surface area is 119 Å². The fourth-order valence-corrected chi connectivity index (χ4v) is 2.59. The highest BCUT2D eigenvalue weighted by Gasteiger charge is 2.14. The largest absolute Gasteiger partial charge is 0.377 e. The molecule has 1 N–H and O–H groups in total. The first-order chi connectivity index (χ1) is 9.77. The van der Waals surface area contributed by atoms with Gasteiger partial charge in [-0.15, -0.1) is 0 Å². The van der Waals surface area contributed by atoms with Gasteiger partial charge >= 0.3 is 0 Å². The summed E-state index contributed by atoms with van der Waals surface area (Å²) in [6, 6.07) is 6.83. The molecule has 1 aromatic carbocycles. The first-order valence-corrected chi connectivity index (χ1v) is 7.32. The molecule has 0 aromatic heterocycles. The van der Waals surface area contributed by atoms with Crippen LogP contribution in [0.4, 0.5) is 5.69 Å². The van der Waals surface area contributed by atoms with E-state index in [1.54, 1.807) is 12.1 Å². The molecule has 0 unspecified atom stereocenters. The monoisotopic (exact) mass is 278 g/mol. The molecule has 1 fully saturated rings. The maximum absolute atomic E-state index is 10.9. The second-order valence-corrected chi connectivity index (χ2v) is 5.19. The van der Waals surface area contributed by atoms with Crippen LogP contribution in [0.15, 0.2) is 24.3 Å². The number of hydrogen-bond donors (Lipinski definition) is 1. The van der Waals surface area contributed by atoms with Crippen LogP contribution in [0.3, 0.4) is 0 Å². The van der Waals surface area contributed by atoms with Crippen LogP contribution in [0.5, 0.6) is 0 Å². The van der Waals surface area contributed by atoms with E-state index in [9.17, 15) is 10.1 Å². The standard InChI is InChI=1S/C15H22N2O3/c18-17(19)15-9-5-4-6-13(15)12-16-10-11-20-14-7-2-1-3-8-14/h4-6,9,14,16H,1-3,7-8,10-12H2. The first-order valence-electron chi connectivity index (χ1n) is 7.32. The van der Waals surface area contributed by atoms with Gasteiger partial charge in [-0.05, 0) is 12.8 Å². The first kappa shape index (κ1) is 14.9. The van der Waals surface area contributed by atoms with Crippen molar-refractivity contribution >= 4 is 5.69 Å². The molecule has 0 atom stereocenters. The fourth-order valence-electron chi connectivity index (χ4n) is 2.59. The third-order valence-electron chi connectivity index (χ3n) is 3.69. The van der Waals surface area contributed by atoms with Gasteiger partial charge in [0.05, 0.1) is 17.6 Å². The van der Waals surface area contributed by atoms with Crippen molar-refractivity contribution in [2.75, 3.05) is 13.2 Å². The number of nitrogens with one attached hydrogen (secondary N) is 1. The molecule has 5 nitrogen and oxygen atoms in total. The van der Waals surface area contributed by atoms with Crippen molar-refractivity contribution in [3.05, 3.63) is 39.9 Å². The lowest BCUT2D eigenvalue weighted by molar-refractivity contribution is -0.385. The molecular formula is C15H22N2O3. The average molecular weight is 278 g/mol. The Morgan fingerprint density at radius 2 is 2.00 bits per heavy atom. The maximum atomic E-state index is 10.9. The average Bonchev–Trinajstić information content (AvgIpc) is 2.48. The van der Waals surface area contributed by atoms with E-state index in [1.807, 2.05) is 6.07 Å². The van der Waals surface area contributed by atoms with Crippen molar-refractivity contribution in [1.82, 2.24) is 5.32 Å². The van der Waals surface area contributed by atoms with E-state index in [0.717, 1.165) is 12.1 Å². The predicted octanol–water partition coefficient (Wildman–Crippen LogP) is 3.03. The number of hydrogen-bond acceptors (Lipinski definition) is 4. The van der Waals surface area contributed by atoms with Crippen molar-refractivity contribution in [2.24, 2.45) is 0 Å². The molecule has 0 saturated heterocycles. The van der Waals surface area contributed by atoms with Crippen molar-refractivity contribution in [3.8, 4) is 0 Å². The summed E-state index contributed by atoms with van der Waals surface area (Å²) in [5.41, 5.74) is 0.892. The van der Waals surface area contributed by atoms with Crippen LogP contribution >= 0.6 is 0 Å². The number of rotatable bonds is 7. The topological polar surface area (TPSA) is 64.4 Å². The Morgan fingerprint density at radius 1 is 1.25 bits per heavy atom. The lowest BCUT2D eigenvalue weighted by Gasteiger charge is -2.22. The van der Waals surface area contributed by atoms with E-state index in [2.05, 4.69) is 5.32 Å². The maximum Gasteiger partial charge on any atom is 0.273 e. The molecule has 5 heteroatoms. The van der Waals surface area contributed by atoms with Crippen LogP contribution < -0.4 is 5.32 Å². The van der Waals surface area contributed by atoms with Gasteiger partial charge in [-0.1, -0.05) is 37.5 Å². The van der Waals surface area contributed by atoms with Crippen LogP contribution in [0.2, 0.25) is 0 Å². The second-order valence-electron chi connectivity index (χ2n) is 5.19. The molecule has 0 radical (unpaired) electrons. The number of benzene rings is 1. The van der Waals surface area contributed by atoms with Crippen molar-refractivity contribution in [2.45, 2.75) is 44.8 Å². The lowest BCUT2D eigenvalue weighted by atomic mass is 9.98. The highest BCUT2D eigenvalue weighted by atomic mass is 16.6. The molecule has 1 aromatic rings. The molecule has 2 rings (SSSR count). The molecule has 0 spiro atoms. The van der Waals surface area contributed by atoms with Crippen molar-refractivity contribution in [3.63, 3.8) is 0 Å². The van der Waals surface area contributed by atoms with E-state index in [4.69, 9.17) is 4.74 Å². The van der Waals surface area contributed by atoms with E-state index < -0.39 is 0 Å². The SMILES string of the molecule is O=[N+]([O-])c1ccccc1CNCCOC1CCCCC1. The minimum atomic E-state index is -0.338. The zero-order valence-corrected chi connectivity index (χ0v) is 11.7. The van der Waals surface area contributed by atoms with Gasteiger partial charge < -0.3 is 10.1 Å². The third-order valence-corrected chi connectivity index (χ3v) is 3.69. The Morgan fingerprint density at radius 3 is 2.75 bits per heavy atom. The summed E-state index contributed by atoms with van der Waals surface area (Å²) >= 11 is 0. The van der Waals surface area contributed by atoms with Crippen molar-refractivity contribution < 1.29 is 9.66 Å². The Hall–Kier alpha value is -1.46. The van der Waals surface area contributed by atoms with E-state index in [0.29, 0.717) is 19.3 Å². The van der Waals surface area contributed by atoms with Gasteiger partial charge in [-0.3, -0.25) is 10.1 Å². The summed E-state index contributed by atoms with van der Waals surface area (Å²) in [6.07, 6.45) is 6.63. The van der Waals surface area contributed by atoms with Gasteiger partial charge in [0.25, 0.3) is 5.69 Å². The Bertz CT molecular complexity index is 431. The number of para-hydroxylation sites is 1. The zero-order chi connectivity index (χ0) is 14.2. The summed E-state index contributed by atoms with van der Waals surface area (Å²) in [6.45, 7) is 1.90. The van der Waals surface area contributed by atoms with E-state index >= 15 is 0 Å². The zero-order valence-electron chi connectivity index (χ0n) is 11.7. The highest BCUT2D eigenvalue weighted by Crippen LogP contribution is 2.20. The van der Waals surface area contributed by atoms with Gasteiger partial charge in [0, 0.05) is 24.7 Å². The van der Waals surface area contributed by atoms with Crippen LogP contribution in [-0.2, 0) is 11.3 Å². The predicted molar refractivity (Wildman–Crippen MR) is 77.6 cm³/mol. The van der Waals surface area contributed by atoms with E-state index in [-0.39, 0.29) is 10.6 Å². The lowest BCUT2D eigenvalue weighted by Crippen LogP contribution is -2.24. The summed E-state index contributed by atoms with van der Waals surface area (Å²) in [4.78, 5) is 10.5. The van der Waals surface area contributed by atoms with Gasteiger partial charge in [-0.2, -0.15) is 0 Å². The number of ether oxygens (including phenoxy) is 1. The van der Waals surface area contributed by atoms with Gasteiger partial charge in [-0.25, -0.2) is 0 Å². The third kappa shape index (κ3) is 4.58. The van der Waals surface area contributed by atoms with Crippen LogP contribution in [0.1, 0.15) is 37.7 Å². The molecule has 0 bridgehead atoms. The summed E-state index contributed by atoms with van der Waals surface area (Å²) in [5, 5.41) is 14.1.